The molecule has 0 saturated carbocycles. The zero-order chi connectivity index (χ0) is 15.4. The Bertz CT molecular complexity index is 643. The van der Waals surface area contributed by atoms with Crippen LogP contribution in [0.2, 0.25) is 0 Å². The van der Waals surface area contributed by atoms with E-state index in [1.807, 2.05) is 11.8 Å². The number of benzene rings is 1. The number of rotatable bonds is 4. The van der Waals surface area contributed by atoms with E-state index in [4.69, 9.17) is 0 Å². The van der Waals surface area contributed by atoms with E-state index in [-0.39, 0.29) is 0 Å². The maximum atomic E-state index is 4.40. The lowest BCUT2D eigenvalue weighted by molar-refractivity contribution is -0.677. The molecule has 4 nitrogen and oxygen atoms in total. The van der Waals surface area contributed by atoms with Crippen molar-refractivity contribution in [1.82, 2.24) is 0 Å². The molecule has 22 heavy (non-hydrogen) atoms. The number of anilines is 1. The molecule has 0 spiro atoms. The molecule has 0 amide bonds. The number of thioether (sulfide) groups is 1. The Morgan fingerprint density at radius 3 is 2.55 bits per heavy atom. The van der Waals surface area contributed by atoms with Crippen LogP contribution in [-0.2, 0) is 6.54 Å². The van der Waals surface area contributed by atoms with Gasteiger partial charge in [0.2, 0.25) is 0 Å². The Morgan fingerprint density at radius 1 is 1.14 bits per heavy atom. The number of nitrogens with zero attached hydrogens (tertiary/aromatic N) is 4. The number of hydrogen-bond acceptors (Lipinski definition) is 5. The molecule has 0 bridgehead atoms. The topological polar surface area (TPSA) is 31.8 Å². The summed E-state index contributed by atoms with van der Waals surface area (Å²) in [5.41, 5.74) is 2.19. The number of thiazole rings is 1. The normalized spacial score (nSPS) is 15.6. The second kappa shape index (κ2) is 7.24. The van der Waals surface area contributed by atoms with E-state index in [0.29, 0.717) is 0 Å². The lowest BCUT2D eigenvalue weighted by atomic mass is 10.2. The van der Waals surface area contributed by atoms with E-state index < -0.39 is 0 Å². The van der Waals surface area contributed by atoms with E-state index >= 15 is 0 Å². The van der Waals surface area contributed by atoms with E-state index in [9.17, 15) is 0 Å². The highest BCUT2D eigenvalue weighted by Crippen LogP contribution is 2.25. The minimum Gasteiger partial charge on any atom is -0.370 e. The molecule has 0 unspecified atom stereocenters. The molecule has 1 aliphatic rings. The van der Waals surface area contributed by atoms with Crippen LogP contribution in [0.15, 0.2) is 40.7 Å². The fourth-order valence-corrected chi connectivity index (χ4v) is 4.21. The Balaban J connectivity index is 1.71. The highest BCUT2D eigenvalue weighted by molar-refractivity contribution is 7.99. The molecular weight excluding hydrogens is 312 g/mol. The van der Waals surface area contributed by atoms with Gasteiger partial charge in [-0.1, -0.05) is 0 Å². The van der Waals surface area contributed by atoms with Crippen molar-refractivity contribution in [2.75, 3.05) is 29.5 Å². The summed E-state index contributed by atoms with van der Waals surface area (Å²) in [7, 11) is 0. The van der Waals surface area contributed by atoms with Gasteiger partial charge in [0.15, 0.2) is 0 Å². The van der Waals surface area contributed by atoms with Crippen molar-refractivity contribution in [2.45, 2.75) is 20.4 Å². The van der Waals surface area contributed by atoms with Gasteiger partial charge in [-0.25, -0.2) is 4.57 Å². The van der Waals surface area contributed by atoms with Crippen molar-refractivity contribution >= 4 is 39.6 Å². The Kier molecular flexibility index (Phi) is 5.10. The highest BCUT2D eigenvalue weighted by atomic mass is 32.2. The van der Waals surface area contributed by atoms with Gasteiger partial charge in [-0.05, 0) is 54.6 Å². The zero-order valence-electron chi connectivity index (χ0n) is 13.0. The molecule has 0 radical (unpaired) electrons. The first-order valence-corrected chi connectivity index (χ1v) is 9.58. The largest absolute Gasteiger partial charge is 0.408 e. The van der Waals surface area contributed by atoms with Crippen LogP contribution in [0, 0.1) is 6.92 Å². The molecule has 2 aromatic rings. The van der Waals surface area contributed by atoms with E-state index in [0.717, 1.165) is 30.5 Å². The molecule has 1 aliphatic heterocycles. The predicted molar refractivity (Wildman–Crippen MR) is 95.1 cm³/mol. The van der Waals surface area contributed by atoms with Crippen LogP contribution in [0.3, 0.4) is 0 Å². The third kappa shape index (κ3) is 3.67. The maximum Gasteiger partial charge on any atom is 0.408 e. The van der Waals surface area contributed by atoms with Crippen molar-refractivity contribution in [3.05, 3.63) is 35.3 Å². The van der Waals surface area contributed by atoms with Crippen molar-refractivity contribution in [3.8, 4) is 0 Å². The number of azo groups is 1. The Morgan fingerprint density at radius 2 is 1.86 bits per heavy atom. The van der Waals surface area contributed by atoms with Crippen molar-refractivity contribution in [3.63, 3.8) is 0 Å². The molecular formula is C16H21N4S2+. The summed E-state index contributed by atoms with van der Waals surface area (Å²) in [6.45, 7) is 7.41. The highest BCUT2D eigenvalue weighted by Gasteiger charge is 2.13. The summed E-state index contributed by atoms with van der Waals surface area (Å²) in [5, 5.41) is 9.73. The van der Waals surface area contributed by atoms with Crippen molar-refractivity contribution in [2.24, 2.45) is 10.2 Å². The van der Waals surface area contributed by atoms with Gasteiger partial charge >= 0.3 is 5.13 Å². The summed E-state index contributed by atoms with van der Waals surface area (Å²) < 4.78 is 2.13. The molecule has 3 rings (SSSR count). The number of aryl methyl sites for hydroxylation is 2. The SMILES string of the molecule is CC[n+]1cc(C)sc1/N=N/c1ccc(N2CCSCC2)cc1. The molecule has 1 aromatic heterocycles. The predicted octanol–water partition coefficient (Wildman–Crippen LogP) is 4.33. The van der Waals surface area contributed by atoms with Gasteiger partial charge in [-0.2, -0.15) is 11.8 Å². The molecule has 1 fully saturated rings. The second-order valence-electron chi connectivity index (χ2n) is 5.23. The van der Waals surface area contributed by atoms with Crippen LogP contribution in [0.4, 0.5) is 16.5 Å². The average Bonchev–Trinajstić information content (AvgIpc) is 2.94. The minimum absolute atomic E-state index is 0.906. The molecule has 6 heteroatoms. The third-order valence-corrected chi connectivity index (χ3v) is 5.52. The fourth-order valence-electron chi connectivity index (χ4n) is 2.46. The van der Waals surface area contributed by atoms with Gasteiger partial charge in [-0.3, -0.25) is 0 Å². The van der Waals surface area contributed by atoms with Gasteiger partial charge in [0.25, 0.3) is 0 Å². The first kappa shape index (κ1) is 15.5. The van der Waals surface area contributed by atoms with Crippen LogP contribution >= 0.6 is 23.1 Å². The quantitative estimate of drug-likeness (QED) is 0.616. The molecule has 116 valence electrons. The van der Waals surface area contributed by atoms with E-state index in [2.05, 4.69) is 64.0 Å². The molecule has 2 heterocycles. The van der Waals surface area contributed by atoms with Crippen LogP contribution in [0.25, 0.3) is 0 Å². The lowest BCUT2D eigenvalue weighted by Crippen LogP contribution is -2.32. The summed E-state index contributed by atoms with van der Waals surface area (Å²) in [6.07, 6.45) is 2.12. The number of hydrogen-bond donors (Lipinski definition) is 0. The van der Waals surface area contributed by atoms with Crippen molar-refractivity contribution in [1.29, 1.82) is 0 Å². The van der Waals surface area contributed by atoms with Gasteiger partial charge in [0, 0.05) is 35.2 Å². The van der Waals surface area contributed by atoms with Gasteiger partial charge in [0.05, 0.1) is 11.7 Å². The summed E-state index contributed by atoms with van der Waals surface area (Å²) in [6, 6.07) is 8.41. The van der Waals surface area contributed by atoms with Crippen molar-refractivity contribution < 1.29 is 4.57 Å². The lowest BCUT2D eigenvalue weighted by Gasteiger charge is -2.28. The van der Waals surface area contributed by atoms with Crippen LogP contribution in [0.5, 0.6) is 0 Å². The molecule has 0 atom stereocenters. The smallest absolute Gasteiger partial charge is 0.370 e. The van der Waals surface area contributed by atoms with Gasteiger partial charge < -0.3 is 4.90 Å². The monoisotopic (exact) mass is 333 g/mol. The molecule has 0 N–H and O–H groups in total. The average molecular weight is 334 g/mol. The van der Waals surface area contributed by atoms with Crippen LogP contribution in [0.1, 0.15) is 11.8 Å². The first-order chi connectivity index (χ1) is 10.8. The van der Waals surface area contributed by atoms with Crippen LogP contribution < -0.4 is 9.47 Å². The summed E-state index contributed by atoms with van der Waals surface area (Å²) >= 11 is 3.71. The van der Waals surface area contributed by atoms with E-state index in [1.54, 1.807) is 11.3 Å². The standard InChI is InChI=1S/C16H21N4S2/c1-3-19-12-13(2)22-16(19)18-17-14-4-6-15(7-5-14)20-8-10-21-11-9-20/h4-7,12H,3,8-11H2,1-2H3/q+1. The minimum atomic E-state index is 0.906. The second-order valence-corrected chi connectivity index (χ2v) is 7.66. The zero-order valence-corrected chi connectivity index (χ0v) is 14.7. The third-order valence-electron chi connectivity index (χ3n) is 3.65. The fraction of sp³-hybridized carbons (Fsp3) is 0.438. The van der Waals surface area contributed by atoms with Gasteiger partial charge in [0.1, 0.15) is 11.9 Å². The Hall–Kier alpha value is -1.40. The molecule has 1 saturated heterocycles. The molecule has 1 aromatic carbocycles. The maximum absolute atomic E-state index is 4.40. The summed E-state index contributed by atoms with van der Waals surface area (Å²) in [5.74, 6) is 2.44. The molecule has 0 aliphatic carbocycles. The summed E-state index contributed by atoms with van der Waals surface area (Å²) in [4.78, 5) is 3.69. The first-order valence-electron chi connectivity index (χ1n) is 7.60. The Labute approximate surface area is 139 Å². The van der Waals surface area contributed by atoms with Crippen LogP contribution in [-0.4, -0.2) is 24.6 Å². The van der Waals surface area contributed by atoms with E-state index in [1.165, 1.54) is 22.1 Å². The van der Waals surface area contributed by atoms with Gasteiger partial charge in [-0.15, -0.1) is 0 Å². The number of aromatic nitrogens is 1.